The molecular weight excluding hydrogens is 460 g/mol. The smallest absolute Gasteiger partial charge is 0.339 e. The maximum atomic E-state index is 13.8. The molecule has 0 aliphatic carbocycles. The van der Waals surface area contributed by atoms with Crippen LogP contribution < -0.4 is 10.3 Å². The lowest BCUT2D eigenvalue weighted by molar-refractivity contribution is 0.0596. The third-order valence-electron chi connectivity index (χ3n) is 5.82. The van der Waals surface area contributed by atoms with E-state index in [-0.39, 0.29) is 35.2 Å². The molecule has 0 unspecified atom stereocenters. The number of hydrogen-bond donors (Lipinski definition) is 1. The summed E-state index contributed by atoms with van der Waals surface area (Å²) in [6.45, 7) is 0.404. The molecule has 1 aliphatic heterocycles. The highest BCUT2D eigenvalue weighted by molar-refractivity contribution is 7.89. The molecule has 34 heavy (non-hydrogen) atoms. The Bertz CT molecular complexity index is 1360. The van der Waals surface area contributed by atoms with Crippen molar-refractivity contribution in [3.05, 3.63) is 70.0 Å². The highest BCUT2D eigenvalue weighted by Gasteiger charge is 2.33. The van der Waals surface area contributed by atoms with Crippen molar-refractivity contribution < 1.29 is 27.4 Å². The maximum absolute atomic E-state index is 13.8. The van der Waals surface area contributed by atoms with E-state index in [2.05, 4.69) is 4.98 Å². The fourth-order valence-corrected chi connectivity index (χ4v) is 5.67. The number of sulfonamides is 1. The number of hydrogen-bond acceptors (Lipinski definition) is 7. The van der Waals surface area contributed by atoms with Crippen molar-refractivity contribution in [3.8, 4) is 5.75 Å². The summed E-state index contributed by atoms with van der Waals surface area (Å²) in [7, 11) is -1.44. The number of methoxy groups -OCH3 is 2. The van der Waals surface area contributed by atoms with E-state index in [1.807, 2.05) is 0 Å². The number of carbonyl (C=O) groups is 1. The number of nitrogens with zero attached hydrogens (tertiary/aromatic N) is 1. The van der Waals surface area contributed by atoms with Crippen molar-refractivity contribution in [2.45, 2.75) is 30.4 Å². The third kappa shape index (κ3) is 4.84. The Kier molecular flexibility index (Phi) is 7.01. The molecule has 0 radical (unpaired) electrons. The Morgan fingerprint density at radius 1 is 1.18 bits per heavy atom. The van der Waals surface area contributed by atoms with Crippen LogP contribution in [0.15, 0.2) is 58.2 Å². The summed E-state index contributed by atoms with van der Waals surface area (Å²) >= 11 is 0. The first kappa shape index (κ1) is 23.9. The fourth-order valence-electron chi connectivity index (χ4n) is 4.04. The first-order valence-corrected chi connectivity index (χ1v) is 12.3. The summed E-state index contributed by atoms with van der Waals surface area (Å²) in [5.74, 6) is -0.145. The summed E-state index contributed by atoms with van der Waals surface area (Å²) in [6, 6.07) is 12.7. The maximum Gasteiger partial charge on any atom is 0.339 e. The Morgan fingerprint density at radius 3 is 2.68 bits per heavy atom. The second kappa shape index (κ2) is 9.96. The van der Waals surface area contributed by atoms with Gasteiger partial charge in [0.1, 0.15) is 5.75 Å². The molecule has 1 atom stereocenters. The van der Waals surface area contributed by atoms with E-state index in [4.69, 9.17) is 14.2 Å². The highest BCUT2D eigenvalue weighted by Crippen LogP contribution is 2.26. The van der Waals surface area contributed by atoms with Crippen LogP contribution in [-0.4, -0.2) is 57.2 Å². The van der Waals surface area contributed by atoms with Crippen molar-refractivity contribution in [1.29, 1.82) is 0 Å². The molecule has 0 amide bonds. The summed E-state index contributed by atoms with van der Waals surface area (Å²) in [6.07, 6.45) is 1.23. The number of esters is 1. The van der Waals surface area contributed by atoms with Gasteiger partial charge in [-0.25, -0.2) is 13.2 Å². The fraction of sp³-hybridized carbons (Fsp3) is 0.333. The zero-order chi connectivity index (χ0) is 24.3. The van der Waals surface area contributed by atoms with Crippen LogP contribution in [0, 0.1) is 0 Å². The number of aromatic nitrogens is 1. The van der Waals surface area contributed by atoms with Gasteiger partial charge in [-0.05, 0) is 49.2 Å². The van der Waals surface area contributed by atoms with Crippen LogP contribution in [0.4, 0.5) is 0 Å². The molecule has 0 saturated carbocycles. The Labute approximate surface area is 197 Å². The highest BCUT2D eigenvalue weighted by atomic mass is 32.2. The van der Waals surface area contributed by atoms with Crippen molar-refractivity contribution in [1.82, 2.24) is 9.29 Å². The second-order valence-electron chi connectivity index (χ2n) is 8.00. The van der Waals surface area contributed by atoms with Crippen LogP contribution >= 0.6 is 0 Å². The first-order valence-electron chi connectivity index (χ1n) is 10.8. The molecule has 0 spiro atoms. The van der Waals surface area contributed by atoms with Crippen LogP contribution in [0.1, 0.15) is 28.8 Å². The summed E-state index contributed by atoms with van der Waals surface area (Å²) in [5.41, 5.74) is 0.406. The number of rotatable bonds is 8. The van der Waals surface area contributed by atoms with Gasteiger partial charge in [-0.15, -0.1) is 0 Å². The molecular formula is C24H26N2O7S. The molecule has 1 fully saturated rings. The standard InChI is InChI=1S/C24H26N2O7S/c1-31-18-9-10-21-16(13-18)12-17(23(27)25-21)14-26(15-19-6-5-11-33-19)34(29,30)22-8-4-3-7-20(22)24(28)32-2/h3-4,7-10,12-13,19H,5-6,11,14-15H2,1-2H3,(H,25,27)/t19-/m1/s1. The number of pyridine rings is 1. The summed E-state index contributed by atoms with van der Waals surface area (Å²) in [4.78, 5) is 27.7. The largest absolute Gasteiger partial charge is 0.497 e. The van der Waals surface area contributed by atoms with Crippen molar-refractivity contribution in [2.75, 3.05) is 27.4 Å². The van der Waals surface area contributed by atoms with Gasteiger partial charge in [0.25, 0.3) is 5.56 Å². The number of benzene rings is 2. The number of aromatic amines is 1. The molecule has 1 N–H and O–H groups in total. The minimum Gasteiger partial charge on any atom is -0.497 e. The third-order valence-corrected chi connectivity index (χ3v) is 7.69. The van der Waals surface area contributed by atoms with Crippen molar-refractivity contribution >= 4 is 26.9 Å². The van der Waals surface area contributed by atoms with Gasteiger partial charge in [0, 0.05) is 36.2 Å². The lowest BCUT2D eigenvalue weighted by atomic mass is 10.1. The van der Waals surface area contributed by atoms with E-state index in [1.54, 1.807) is 43.5 Å². The van der Waals surface area contributed by atoms with E-state index in [0.717, 1.165) is 6.42 Å². The van der Waals surface area contributed by atoms with Gasteiger partial charge in [-0.3, -0.25) is 4.79 Å². The summed E-state index contributed by atoms with van der Waals surface area (Å²) < 4.78 is 44.5. The van der Waals surface area contributed by atoms with Crippen LogP contribution in [-0.2, 0) is 26.0 Å². The molecule has 9 nitrogen and oxygen atoms in total. The van der Waals surface area contributed by atoms with Gasteiger partial charge in [0.15, 0.2) is 0 Å². The quantitative estimate of drug-likeness (QED) is 0.487. The number of ether oxygens (including phenoxy) is 3. The van der Waals surface area contributed by atoms with Crippen LogP contribution in [0.3, 0.4) is 0 Å². The molecule has 2 heterocycles. The molecule has 1 saturated heterocycles. The molecule has 1 aromatic heterocycles. The van der Waals surface area contributed by atoms with Gasteiger partial charge in [-0.1, -0.05) is 12.1 Å². The van der Waals surface area contributed by atoms with Gasteiger partial charge in [0.2, 0.25) is 10.0 Å². The predicted molar refractivity (Wildman–Crippen MR) is 125 cm³/mol. The molecule has 0 bridgehead atoms. The molecule has 180 valence electrons. The van der Waals surface area contributed by atoms with E-state index in [0.29, 0.717) is 29.7 Å². The topological polar surface area (TPSA) is 115 Å². The molecule has 4 rings (SSSR count). The van der Waals surface area contributed by atoms with Crippen molar-refractivity contribution in [2.24, 2.45) is 0 Å². The van der Waals surface area contributed by atoms with Gasteiger partial charge >= 0.3 is 5.97 Å². The minimum absolute atomic E-state index is 0.0490. The number of H-pyrrole nitrogens is 1. The lowest BCUT2D eigenvalue weighted by Crippen LogP contribution is -2.39. The average Bonchev–Trinajstić information content (AvgIpc) is 3.36. The molecule has 1 aliphatic rings. The van der Waals surface area contributed by atoms with E-state index in [9.17, 15) is 18.0 Å². The normalized spacial score (nSPS) is 16.1. The zero-order valence-corrected chi connectivity index (χ0v) is 19.8. The van der Waals surface area contributed by atoms with Gasteiger partial charge in [-0.2, -0.15) is 4.31 Å². The van der Waals surface area contributed by atoms with E-state index >= 15 is 0 Å². The van der Waals surface area contributed by atoms with Crippen LogP contribution in [0.2, 0.25) is 0 Å². The van der Waals surface area contributed by atoms with E-state index in [1.165, 1.54) is 23.5 Å². The van der Waals surface area contributed by atoms with Crippen molar-refractivity contribution in [3.63, 3.8) is 0 Å². The Morgan fingerprint density at radius 2 is 1.97 bits per heavy atom. The first-order chi connectivity index (χ1) is 16.3. The minimum atomic E-state index is -4.18. The second-order valence-corrected chi connectivity index (χ2v) is 9.90. The summed E-state index contributed by atoms with van der Waals surface area (Å²) in [5, 5.41) is 0.707. The Balaban J connectivity index is 1.77. The molecule has 3 aromatic rings. The lowest BCUT2D eigenvalue weighted by Gasteiger charge is -2.25. The number of fused-ring (bicyclic) bond motifs is 1. The molecule has 10 heteroatoms. The van der Waals surface area contributed by atoms with Crippen LogP contribution in [0.5, 0.6) is 5.75 Å². The SMILES string of the molecule is COC(=O)c1ccccc1S(=O)(=O)N(Cc1cc2cc(OC)ccc2[nH]c1=O)C[C@H]1CCCO1. The number of nitrogens with one attached hydrogen (secondary N) is 1. The van der Waals surface area contributed by atoms with Crippen LogP contribution in [0.25, 0.3) is 10.9 Å². The number of carbonyl (C=O) groups excluding carboxylic acids is 1. The Hall–Kier alpha value is -3.21. The van der Waals surface area contributed by atoms with E-state index < -0.39 is 21.6 Å². The zero-order valence-electron chi connectivity index (χ0n) is 18.9. The average molecular weight is 487 g/mol. The predicted octanol–water partition coefficient (Wildman–Crippen LogP) is 2.69. The molecule has 2 aromatic carbocycles. The van der Waals surface area contributed by atoms with Gasteiger partial charge in [0.05, 0.1) is 30.8 Å². The van der Waals surface area contributed by atoms with Gasteiger partial charge < -0.3 is 19.2 Å². The monoisotopic (exact) mass is 486 g/mol.